The fraction of sp³-hybridized carbons (Fsp3) is 0.235. The number of nitrogens with one attached hydrogen (secondary N) is 1. The Morgan fingerprint density at radius 3 is 2.84 bits per heavy atom. The minimum absolute atomic E-state index is 0.0851. The third kappa shape index (κ3) is 3.38. The van der Waals surface area contributed by atoms with Crippen LogP contribution >= 0.6 is 0 Å². The summed E-state index contributed by atoms with van der Waals surface area (Å²) in [7, 11) is 3.82. The van der Waals surface area contributed by atoms with Crippen LogP contribution in [0.3, 0.4) is 0 Å². The predicted octanol–water partition coefficient (Wildman–Crippen LogP) is 1.98. The molecule has 0 aliphatic rings. The number of hydrogen-bond acceptors (Lipinski definition) is 6. The van der Waals surface area contributed by atoms with Crippen LogP contribution in [0, 0.1) is 10.1 Å². The van der Waals surface area contributed by atoms with E-state index >= 15 is 0 Å². The molecule has 1 N–H and O–H groups in total. The number of nitrogens with zero attached hydrogens (tertiary/aromatic N) is 4. The van der Waals surface area contributed by atoms with Crippen LogP contribution in [0.5, 0.6) is 0 Å². The molecule has 1 amide bonds. The van der Waals surface area contributed by atoms with Gasteiger partial charge in [0, 0.05) is 30.7 Å². The lowest BCUT2D eigenvalue weighted by Gasteiger charge is -2.11. The summed E-state index contributed by atoms with van der Waals surface area (Å²) in [6.45, 7) is 1.16. The van der Waals surface area contributed by atoms with Crippen molar-refractivity contribution in [3.63, 3.8) is 0 Å². The molecule has 8 heteroatoms. The molecule has 0 spiro atoms. The van der Waals surface area contributed by atoms with E-state index in [4.69, 9.17) is 0 Å². The Hall–Kier alpha value is -3.13. The van der Waals surface area contributed by atoms with Crippen LogP contribution in [0.2, 0.25) is 0 Å². The van der Waals surface area contributed by atoms with Crippen molar-refractivity contribution in [2.45, 2.75) is 0 Å². The van der Waals surface area contributed by atoms with Crippen LogP contribution < -0.4 is 5.32 Å². The number of non-ortho nitro benzene ring substituents is 1. The molecular weight excluding hydrogens is 322 g/mol. The Balaban J connectivity index is 2.12. The number of nitro groups is 1. The lowest BCUT2D eigenvalue weighted by molar-refractivity contribution is -0.383. The largest absolute Gasteiger partial charge is 0.351 e. The summed E-state index contributed by atoms with van der Waals surface area (Å²) < 4.78 is 0. The van der Waals surface area contributed by atoms with E-state index in [-0.39, 0.29) is 17.1 Å². The summed E-state index contributed by atoms with van der Waals surface area (Å²) in [5.41, 5.74) is 0.936. The molecular formula is C17H17N5O3. The fourth-order valence-electron chi connectivity index (χ4n) is 2.57. The summed E-state index contributed by atoms with van der Waals surface area (Å²) >= 11 is 0. The van der Waals surface area contributed by atoms with Crippen molar-refractivity contribution in [3.05, 3.63) is 52.2 Å². The zero-order valence-corrected chi connectivity index (χ0v) is 13.9. The first-order chi connectivity index (χ1) is 12.0. The zero-order valence-electron chi connectivity index (χ0n) is 13.9. The van der Waals surface area contributed by atoms with Gasteiger partial charge in [-0.25, -0.2) is 9.97 Å². The number of carbonyl (C=O) groups excluding carboxylic acids is 1. The Kier molecular flexibility index (Phi) is 4.53. The van der Waals surface area contributed by atoms with Crippen molar-refractivity contribution < 1.29 is 9.72 Å². The second-order valence-corrected chi connectivity index (χ2v) is 5.88. The highest BCUT2D eigenvalue weighted by atomic mass is 16.6. The third-order valence-corrected chi connectivity index (χ3v) is 3.81. The van der Waals surface area contributed by atoms with E-state index in [9.17, 15) is 14.9 Å². The van der Waals surface area contributed by atoms with Gasteiger partial charge in [-0.3, -0.25) is 14.9 Å². The monoisotopic (exact) mass is 339 g/mol. The first-order valence-electron chi connectivity index (χ1n) is 7.73. The summed E-state index contributed by atoms with van der Waals surface area (Å²) in [6.07, 6.45) is 1.59. The molecule has 0 saturated carbocycles. The number of pyridine rings is 2. The summed E-state index contributed by atoms with van der Waals surface area (Å²) in [5.74, 6) is -0.315. The normalized spacial score (nSPS) is 11.2. The highest BCUT2D eigenvalue weighted by molar-refractivity contribution is 6.09. The van der Waals surface area contributed by atoms with Gasteiger partial charge in [0.25, 0.3) is 11.6 Å². The minimum atomic E-state index is -0.472. The van der Waals surface area contributed by atoms with E-state index in [1.807, 2.05) is 19.0 Å². The minimum Gasteiger partial charge on any atom is -0.351 e. The van der Waals surface area contributed by atoms with E-state index in [1.165, 1.54) is 12.1 Å². The first kappa shape index (κ1) is 16.7. The van der Waals surface area contributed by atoms with Gasteiger partial charge in [0.15, 0.2) is 5.65 Å². The molecule has 0 aliphatic heterocycles. The lowest BCUT2D eigenvalue weighted by Crippen LogP contribution is -2.31. The smallest absolute Gasteiger partial charge is 0.278 e. The maximum absolute atomic E-state index is 12.5. The van der Waals surface area contributed by atoms with Crippen LogP contribution in [0.25, 0.3) is 21.9 Å². The van der Waals surface area contributed by atoms with Gasteiger partial charge in [-0.2, -0.15) is 0 Å². The molecule has 2 heterocycles. The van der Waals surface area contributed by atoms with Crippen LogP contribution in [-0.2, 0) is 0 Å². The van der Waals surface area contributed by atoms with Crippen molar-refractivity contribution in [2.24, 2.45) is 0 Å². The molecule has 0 unspecified atom stereocenters. The second-order valence-electron chi connectivity index (χ2n) is 5.88. The summed E-state index contributed by atoms with van der Waals surface area (Å²) in [4.78, 5) is 33.9. The van der Waals surface area contributed by atoms with Crippen LogP contribution in [0.4, 0.5) is 5.69 Å². The predicted molar refractivity (Wildman–Crippen MR) is 94.6 cm³/mol. The molecule has 0 aliphatic carbocycles. The van der Waals surface area contributed by atoms with Crippen molar-refractivity contribution in [2.75, 3.05) is 27.2 Å². The van der Waals surface area contributed by atoms with Gasteiger partial charge in [-0.1, -0.05) is 0 Å². The fourth-order valence-corrected chi connectivity index (χ4v) is 2.57. The maximum Gasteiger partial charge on any atom is 0.278 e. The van der Waals surface area contributed by atoms with Crippen LogP contribution in [-0.4, -0.2) is 52.9 Å². The molecule has 0 fully saturated rings. The topological polar surface area (TPSA) is 101 Å². The SMILES string of the molecule is CN(C)CCNC(=O)c1ccc([N+](=O)[O-])c2cc3cccnc3nc12. The Morgan fingerprint density at radius 1 is 1.32 bits per heavy atom. The molecule has 1 aromatic carbocycles. The average Bonchev–Trinajstić information content (AvgIpc) is 2.58. The molecule has 3 aromatic rings. The number of carbonyl (C=O) groups is 1. The van der Waals surface area contributed by atoms with E-state index in [2.05, 4.69) is 15.3 Å². The number of likely N-dealkylation sites (N-methyl/N-ethyl adjacent to an activating group) is 1. The van der Waals surface area contributed by atoms with Crippen LogP contribution in [0.15, 0.2) is 36.5 Å². The number of amides is 1. The van der Waals surface area contributed by atoms with Gasteiger partial charge in [-0.15, -0.1) is 0 Å². The molecule has 0 bridgehead atoms. The lowest BCUT2D eigenvalue weighted by atomic mass is 10.1. The number of hydrogen-bond donors (Lipinski definition) is 1. The van der Waals surface area contributed by atoms with E-state index < -0.39 is 4.92 Å². The van der Waals surface area contributed by atoms with Crippen molar-refractivity contribution in [1.29, 1.82) is 0 Å². The molecule has 128 valence electrons. The van der Waals surface area contributed by atoms with Crippen LogP contribution in [0.1, 0.15) is 10.4 Å². The third-order valence-electron chi connectivity index (χ3n) is 3.81. The Labute approximate surface area is 143 Å². The second kappa shape index (κ2) is 6.78. The average molecular weight is 339 g/mol. The molecule has 0 radical (unpaired) electrons. The first-order valence-corrected chi connectivity index (χ1v) is 7.73. The van der Waals surface area contributed by atoms with Gasteiger partial charge >= 0.3 is 0 Å². The molecule has 2 aromatic heterocycles. The summed E-state index contributed by atoms with van der Waals surface area (Å²) in [5, 5.41) is 15.2. The van der Waals surface area contributed by atoms with E-state index in [0.29, 0.717) is 35.1 Å². The highest BCUT2D eigenvalue weighted by Crippen LogP contribution is 2.29. The summed E-state index contributed by atoms with van der Waals surface area (Å²) in [6, 6.07) is 7.95. The van der Waals surface area contributed by atoms with Crippen molar-refractivity contribution >= 4 is 33.5 Å². The van der Waals surface area contributed by atoms with Gasteiger partial charge < -0.3 is 10.2 Å². The number of rotatable bonds is 5. The van der Waals surface area contributed by atoms with Gasteiger partial charge in [0.05, 0.1) is 21.4 Å². The molecule has 3 rings (SSSR count). The zero-order chi connectivity index (χ0) is 18.0. The Morgan fingerprint density at radius 2 is 2.12 bits per heavy atom. The number of fused-ring (bicyclic) bond motifs is 2. The molecule has 25 heavy (non-hydrogen) atoms. The number of aromatic nitrogens is 2. The van der Waals surface area contributed by atoms with E-state index in [0.717, 1.165) is 0 Å². The van der Waals surface area contributed by atoms with Crippen molar-refractivity contribution in [1.82, 2.24) is 20.2 Å². The van der Waals surface area contributed by atoms with E-state index in [1.54, 1.807) is 24.4 Å². The van der Waals surface area contributed by atoms with Gasteiger partial charge in [0.2, 0.25) is 0 Å². The number of nitro benzene ring substituents is 1. The number of benzene rings is 1. The van der Waals surface area contributed by atoms with Gasteiger partial charge in [-0.05, 0) is 38.4 Å². The standard InChI is InChI=1S/C17H17N5O3/c1-21(2)9-8-19-17(23)12-5-6-14(22(24)25)13-10-11-4-3-7-18-16(11)20-15(12)13/h3-7,10H,8-9H2,1-2H3,(H,19,23). The van der Waals surface area contributed by atoms with Gasteiger partial charge in [0.1, 0.15) is 0 Å². The maximum atomic E-state index is 12.5. The molecule has 8 nitrogen and oxygen atoms in total. The van der Waals surface area contributed by atoms with Crippen molar-refractivity contribution in [3.8, 4) is 0 Å². The quantitative estimate of drug-likeness (QED) is 0.433. The molecule has 0 atom stereocenters. The molecule has 0 saturated heterocycles. The Bertz CT molecular complexity index is 971. The highest BCUT2D eigenvalue weighted by Gasteiger charge is 2.20.